The van der Waals surface area contributed by atoms with Gasteiger partial charge in [0.2, 0.25) is 0 Å². The Balaban J connectivity index is 1.50. The van der Waals surface area contributed by atoms with E-state index in [1.807, 2.05) is 0 Å². The number of ether oxygens (including phenoxy) is 2. The molecule has 8 nitrogen and oxygen atoms in total. The predicted octanol–water partition coefficient (Wildman–Crippen LogP) is 3.71. The van der Waals surface area contributed by atoms with Gasteiger partial charge in [-0.05, 0) is 60.7 Å². The molecule has 0 radical (unpaired) electrons. The molecule has 0 atom stereocenters. The lowest BCUT2D eigenvalue weighted by atomic mass is 10.3. The van der Waals surface area contributed by atoms with Crippen molar-refractivity contribution in [1.82, 2.24) is 0 Å². The van der Waals surface area contributed by atoms with E-state index < -0.39 is 20.0 Å². The maximum absolute atomic E-state index is 12.7. The van der Waals surface area contributed by atoms with Crippen LogP contribution in [0.25, 0.3) is 0 Å². The first-order valence-electron chi connectivity index (χ1n) is 9.04. The van der Waals surface area contributed by atoms with Crippen LogP contribution in [0.1, 0.15) is 0 Å². The molecule has 3 aromatic rings. The van der Waals surface area contributed by atoms with Gasteiger partial charge in [0, 0.05) is 22.5 Å². The molecule has 0 aromatic heterocycles. The van der Waals surface area contributed by atoms with Crippen molar-refractivity contribution in [2.24, 2.45) is 0 Å². The first-order valence-corrected chi connectivity index (χ1v) is 12.4. The standard InChI is InChI=1S/C20H17ClN2O6S2/c21-14-1-3-15(4-2-14)22-30(24,25)17-7-5-16(6-8-17)23-31(26,27)18-9-10-19-20(13-18)29-12-11-28-19/h1-10,13,22-23H,11-12H2. The van der Waals surface area contributed by atoms with E-state index in [2.05, 4.69) is 9.44 Å². The monoisotopic (exact) mass is 480 g/mol. The van der Waals surface area contributed by atoms with Crippen LogP contribution in [0.4, 0.5) is 11.4 Å². The van der Waals surface area contributed by atoms with Crippen LogP contribution in [-0.2, 0) is 20.0 Å². The molecule has 0 saturated heterocycles. The quantitative estimate of drug-likeness (QED) is 0.556. The summed E-state index contributed by atoms with van der Waals surface area (Å²) in [6.45, 7) is 0.739. The van der Waals surface area contributed by atoms with Gasteiger partial charge in [0.25, 0.3) is 20.0 Å². The minimum absolute atomic E-state index is 0.00199. The zero-order chi connectivity index (χ0) is 22.1. The van der Waals surface area contributed by atoms with Gasteiger partial charge >= 0.3 is 0 Å². The lowest BCUT2D eigenvalue weighted by Gasteiger charge is -2.19. The lowest BCUT2D eigenvalue weighted by Crippen LogP contribution is -2.17. The highest BCUT2D eigenvalue weighted by molar-refractivity contribution is 7.93. The average Bonchev–Trinajstić information content (AvgIpc) is 2.75. The maximum atomic E-state index is 12.7. The maximum Gasteiger partial charge on any atom is 0.262 e. The van der Waals surface area contributed by atoms with Crippen LogP contribution in [-0.4, -0.2) is 30.0 Å². The van der Waals surface area contributed by atoms with Crippen LogP contribution < -0.4 is 18.9 Å². The average molecular weight is 481 g/mol. The van der Waals surface area contributed by atoms with E-state index in [0.29, 0.717) is 35.4 Å². The van der Waals surface area contributed by atoms with Crippen LogP contribution >= 0.6 is 11.6 Å². The van der Waals surface area contributed by atoms with E-state index in [1.165, 1.54) is 54.6 Å². The summed E-state index contributed by atoms with van der Waals surface area (Å²) in [5.41, 5.74) is 0.563. The third-order valence-electron chi connectivity index (χ3n) is 4.34. The molecule has 11 heteroatoms. The molecule has 3 aromatic carbocycles. The zero-order valence-corrected chi connectivity index (χ0v) is 18.3. The van der Waals surface area contributed by atoms with E-state index in [0.717, 1.165) is 0 Å². The molecule has 0 fully saturated rings. The fourth-order valence-electron chi connectivity index (χ4n) is 2.84. The number of halogens is 1. The Hall–Kier alpha value is -2.95. The molecule has 31 heavy (non-hydrogen) atoms. The Morgan fingerprint density at radius 1 is 0.645 bits per heavy atom. The second-order valence-corrected chi connectivity index (χ2v) is 10.3. The normalized spacial score (nSPS) is 13.5. The van der Waals surface area contributed by atoms with Crippen LogP contribution in [0.2, 0.25) is 5.02 Å². The third kappa shape index (κ3) is 4.87. The highest BCUT2D eigenvalue weighted by Crippen LogP contribution is 2.32. The molecular weight excluding hydrogens is 464 g/mol. The van der Waals surface area contributed by atoms with E-state index in [1.54, 1.807) is 12.1 Å². The van der Waals surface area contributed by atoms with Crippen molar-refractivity contribution in [3.05, 3.63) is 71.8 Å². The van der Waals surface area contributed by atoms with Crippen molar-refractivity contribution in [1.29, 1.82) is 0 Å². The SMILES string of the molecule is O=S(=O)(Nc1ccc(Cl)cc1)c1ccc(NS(=O)(=O)c2ccc3c(c2)OCCO3)cc1. The number of sulfonamides is 2. The molecule has 162 valence electrons. The van der Waals surface area contributed by atoms with Gasteiger partial charge in [0.15, 0.2) is 11.5 Å². The number of benzene rings is 3. The molecule has 1 aliphatic rings. The second kappa shape index (κ2) is 8.29. The van der Waals surface area contributed by atoms with Crippen LogP contribution in [0.5, 0.6) is 11.5 Å². The molecule has 1 heterocycles. The summed E-state index contributed by atoms with van der Waals surface area (Å²) in [4.78, 5) is -0.0254. The van der Waals surface area contributed by atoms with Gasteiger partial charge in [-0.15, -0.1) is 0 Å². The van der Waals surface area contributed by atoms with Crippen molar-refractivity contribution in [2.45, 2.75) is 9.79 Å². The Kier molecular flexibility index (Phi) is 5.69. The summed E-state index contributed by atoms with van der Waals surface area (Å²) in [6, 6.07) is 15.9. The highest BCUT2D eigenvalue weighted by Gasteiger charge is 2.20. The van der Waals surface area contributed by atoms with Gasteiger partial charge < -0.3 is 9.47 Å². The van der Waals surface area contributed by atoms with Gasteiger partial charge in [-0.25, -0.2) is 16.8 Å². The lowest BCUT2D eigenvalue weighted by molar-refractivity contribution is 0.171. The number of hydrogen-bond acceptors (Lipinski definition) is 6. The molecule has 0 spiro atoms. The number of hydrogen-bond donors (Lipinski definition) is 2. The summed E-state index contributed by atoms with van der Waals surface area (Å²) in [7, 11) is -7.76. The van der Waals surface area contributed by atoms with Crippen molar-refractivity contribution >= 4 is 43.0 Å². The van der Waals surface area contributed by atoms with Gasteiger partial charge in [0.05, 0.1) is 9.79 Å². The van der Waals surface area contributed by atoms with Crippen molar-refractivity contribution < 1.29 is 26.3 Å². The smallest absolute Gasteiger partial charge is 0.262 e. The fourth-order valence-corrected chi connectivity index (χ4v) is 5.10. The van der Waals surface area contributed by atoms with E-state index >= 15 is 0 Å². The van der Waals surface area contributed by atoms with Gasteiger partial charge in [-0.1, -0.05) is 11.6 Å². The van der Waals surface area contributed by atoms with Gasteiger partial charge in [-0.3, -0.25) is 9.44 Å². The first-order chi connectivity index (χ1) is 14.7. The van der Waals surface area contributed by atoms with Gasteiger partial charge in [-0.2, -0.15) is 0 Å². The number of nitrogens with one attached hydrogen (secondary N) is 2. The Labute approximate surface area is 184 Å². The Morgan fingerprint density at radius 3 is 1.74 bits per heavy atom. The molecule has 0 aliphatic carbocycles. The minimum atomic E-state index is -3.91. The van der Waals surface area contributed by atoms with Crippen molar-refractivity contribution in [2.75, 3.05) is 22.7 Å². The highest BCUT2D eigenvalue weighted by atomic mass is 35.5. The summed E-state index contributed by atoms with van der Waals surface area (Å²) >= 11 is 5.80. The van der Waals surface area contributed by atoms with Gasteiger partial charge in [0.1, 0.15) is 13.2 Å². The molecule has 4 rings (SSSR count). The topological polar surface area (TPSA) is 111 Å². The molecule has 0 amide bonds. The number of anilines is 2. The summed E-state index contributed by atoms with van der Waals surface area (Å²) in [5.74, 6) is 0.830. The molecule has 2 N–H and O–H groups in total. The summed E-state index contributed by atoms with van der Waals surface area (Å²) in [5, 5.41) is 0.484. The van der Waals surface area contributed by atoms with E-state index in [-0.39, 0.29) is 15.5 Å². The Bertz CT molecular complexity index is 1310. The van der Waals surface area contributed by atoms with Crippen LogP contribution in [0, 0.1) is 0 Å². The summed E-state index contributed by atoms with van der Waals surface area (Å²) < 4.78 is 66.1. The molecule has 0 bridgehead atoms. The number of rotatable bonds is 6. The molecule has 0 unspecified atom stereocenters. The molecule has 1 aliphatic heterocycles. The predicted molar refractivity (Wildman–Crippen MR) is 117 cm³/mol. The minimum Gasteiger partial charge on any atom is -0.486 e. The van der Waals surface area contributed by atoms with Crippen LogP contribution in [0.3, 0.4) is 0 Å². The fraction of sp³-hybridized carbons (Fsp3) is 0.100. The first kappa shape index (κ1) is 21.3. The largest absolute Gasteiger partial charge is 0.486 e. The summed E-state index contributed by atoms with van der Waals surface area (Å²) in [6.07, 6.45) is 0. The Morgan fingerprint density at radius 2 is 1.13 bits per heavy atom. The third-order valence-corrected chi connectivity index (χ3v) is 7.37. The molecular formula is C20H17ClN2O6S2. The second-order valence-electron chi connectivity index (χ2n) is 6.55. The zero-order valence-electron chi connectivity index (χ0n) is 15.9. The van der Waals surface area contributed by atoms with E-state index in [9.17, 15) is 16.8 Å². The number of fused-ring (bicyclic) bond motifs is 1. The van der Waals surface area contributed by atoms with E-state index in [4.69, 9.17) is 21.1 Å². The van der Waals surface area contributed by atoms with Crippen LogP contribution in [0.15, 0.2) is 76.5 Å². The molecule has 0 saturated carbocycles. The van der Waals surface area contributed by atoms with Crippen molar-refractivity contribution in [3.63, 3.8) is 0 Å². The van der Waals surface area contributed by atoms with Crippen molar-refractivity contribution in [3.8, 4) is 11.5 Å².